The fourth-order valence-electron chi connectivity index (χ4n) is 1.76. The van der Waals surface area contributed by atoms with Crippen LogP contribution in [-0.4, -0.2) is 11.1 Å². The van der Waals surface area contributed by atoms with Crippen LogP contribution in [0, 0.1) is 6.92 Å². The Hall–Kier alpha value is -0.570. The van der Waals surface area contributed by atoms with Gasteiger partial charge in [0.05, 0.1) is 5.69 Å². The second-order valence-corrected chi connectivity index (χ2v) is 4.60. The van der Waals surface area contributed by atoms with Crippen molar-refractivity contribution in [2.75, 3.05) is 0 Å². The van der Waals surface area contributed by atoms with Crippen molar-refractivity contribution < 1.29 is 4.74 Å². The third-order valence-electron chi connectivity index (χ3n) is 2.59. The van der Waals surface area contributed by atoms with Gasteiger partial charge in [-0.2, -0.15) is 0 Å². The Kier molecular flexibility index (Phi) is 3.06. The minimum absolute atomic E-state index is 0.392. The predicted octanol–water partition coefficient (Wildman–Crippen LogP) is 3.47. The molecule has 0 unspecified atom stereocenters. The summed E-state index contributed by atoms with van der Waals surface area (Å²) in [4.78, 5) is 4.37. The largest absolute Gasteiger partial charge is 0.474 e. The fraction of sp³-hybridized carbons (Fsp3) is 0.545. The number of aromatic nitrogens is 1. The summed E-state index contributed by atoms with van der Waals surface area (Å²) in [5, 5.41) is 0. The maximum atomic E-state index is 5.78. The number of ether oxygens (including phenoxy) is 1. The number of nitrogens with zero attached hydrogens (tertiary/aromatic N) is 1. The van der Waals surface area contributed by atoms with E-state index in [1.165, 1.54) is 25.7 Å². The fourth-order valence-corrected chi connectivity index (χ4v) is 1.98. The first-order valence-electron chi connectivity index (χ1n) is 5.05. The van der Waals surface area contributed by atoms with Gasteiger partial charge in [0, 0.05) is 10.5 Å². The standard InChI is InChI=1S/C11H14BrNO/c1-8-10(12)6-7-11(13-8)14-9-4-2-3-5-9/h6-7,9H,2-5H2,1H3. The Morgan fingerprint density at radius 2 is 2.07 bits per heavy atom. The molecule has 14 heavy (non-hydrogen) atoms. The maximum absolute atomic E-state index is 5.78. The van der Waals surface area contributed by atoms with E-state index in [1.807, 2.05) is 19.1 Å². The van der Waals surface area contributed by atoms with Crippen LogP contribution >= 0.6 is 15.9 Å². The van der Waals surface area contributed by atoms with Crippen LogP contribution in [-0.2, 0) is 0 Å². The normalized spacial score (nSPS) is 17.3. The molecule has 0 spiro atoms. The average molecular weight is 256 g/mol. The molecule has 2 rings (SSSR count). The van der Waals surface area contributed by atoms with Crippen LogP contribution in [0.5, 0.6) is 5.88 Å². The highest BCUT2D eigenvalue weighted by Crippen LogP contribution is 2.24. The molecule has 1 fully saturated rings. The van der Waals surface area contributed by atoms with Crippen LogP contribution in [0.2, 0.25) is 0 Å². The number of rotatable bonds is 2. The molecule has 0 aromatic carbocycles. The van der Waals surface area contributed by atoms with Crippen molar-refractivity contribution in [3.05, 3.63) is 22.3 Å². The molecule has 0 saturated heterocycles. The lowest BCUT2D eigenvalue weighted by Gasteiger charge is -2.12. The first-order valence-corrected chi connectivity index (χ1v) is 5.85. The number of hydrogen-bond acceptors (Lipinski definition) is 2. The first-order chi connectivity index (χ1) is 6.75. The second-order valence-electron chi connectivity index (χ2n) is 3.74. The second kappa shape index (κ2) is 4.30. The molecular weight excluding hydrogens is 242 g/mol. The third kappa shape index (κ3) is 2.27. The molecule has 1 aromatic rings. The summed E-state index contributed by atoms with van der Waals surface area (Å²) in [5.74, 6) is 0.762. The van der Waals surface area contributed by atoms with Crippen molar-refractivity contribution in [2.45, 2.75) is 38.7 Å². The SMILES string of the molecule is Cc1nc(OC2CCCC2)ccc1Br. The Labute approximate surface area is 92.8 Å². The van der Waals surface area contributed by atoms with E-state index in [1.54, 1.807) is 0 Å². The Balaban J connectivity index is 2.05. The van der Waals surface area contributed by atoms with Gasteiger partial charge in [0.15, 0.2) is 0 Å². The molecule has 1 aliphatic rings. The van der Waals surface area contributed by atoms with E-state index in [2.05, 4.69) is 20.9 Å². The molecule has 1 aromatic heterocycles. The van der Waals surface area contributed by atoms with Gasteiger partial charge in [-0.05, 0) is 54.6 Å². The maximum Gasteiger partial charge on any atom is 0.213 e. The van der Waals surface area contributed by atoms with Gasteiger partial charge >= 0.3 is 0 Å². The molecule has 3 heteroatoms. The van der Waals surface area contributed by atoms with Crippen LogP contribution in [0.15, 0.2) is 16.6 Å². The summed E-state index contributed by atoms with van der Waals surface area (Å²) >= 11 is 3.42. The van der Waals surface area contributed by atoms with Gasteiger partial charge in [0.2, 0.25) is 5.88 Å². The number of hydrogen-bond donors (Lipinski definition) is 0. The molecule has 0 bridgehead atoms. The lowest BCUT2D eigenvalue weighted by molar-refractivity contribution is 0.201. The molecule has 2 nitrogen and oxygen atoms in total. The van der Waals surface area contributed by atoms with Crippen molar-refractivity contribution in [1.29, 1.82) is 0 Å². The Morgan fingerprint density at radius 3 is 2.71 bits per heavy atom. The molecular formula is C11H14BrNO. The van der Waals surface area contributed by atoms with E-state index in [4.69, 9.17) is 4.74 Å². The van der Waals surface area contributed by atoms with Crippen molar-refractivity contribution in [3.8, 4) is 5.88 Å². The molecule has 0 aliphatic heterocycles. The highest BCUT2D eigenvalue weighted by molar-refractivity contribution is 9.10. The molecule has 1 aliphatic carbocycles. The third-order valence-corrected chi connectivity index (χ3v) is 3.42. The van der Waals surface area contributed by atoms with E-state index in [-0.39, 0.29) is 0 Å². The van der Waals surface area contributed by atoms with Crippen molar-refractivity contribution >= 4 is 15.9 Å². The number of aryl methyl sites for hydroxylation is 1. The lowest BCUT2D eigenvalue weighted by Crippen LogP contribution is -2.11. The molecule has 0 amide bonds. The lowest BCUT2D eigenvalue weighted by atomic mass is 10.3. The summed E-state index contributed by atoms with van der Waals surface area (Å²) in [5.41, 5.74) is 0.987. The van der Waals surface area contributed by atoms with Gasteiger partial charge in [0.25, 0.3) is 0 Å². The zero-order chi connectivity index (χ0) is 9.97. The zero-order valence-electron chi connectivity index (χ0n) is 8.29. The molecule has 76 valence electrons. The van der Waals surface area contributed by atoms with Crippen LogP contribution in [0.4, 0.5) is 0 Å². The first kappa shape index (κ1) is 9.97. The number of pyridine rings is 1. The van der Waals surface area contributed by atoms with E-state index in [9.17, 15) is 0 Å². The quantitative estimate of drug-likeness (QED) is 0.808. The summed E-state index contributed by atoms with van der Waals surface area (Å²) < 4.78 is 6.82. The Bertz CT molecular complexity index is 321. The zero-order valence-corrected chi connectivity index (χ0v) is 9.88. The topological polar surface area (TPSA) is 22.1 Å². The summed E-state index contributed by atoms with van der Waals surface area (Å²) in [6, 6.07) is 3.92. The van der Waals surface area contributed by atoms with Gasteiger partial charge in [-0.1, -0.05) is 0 Å². The van der Waals surface area contributed by atoms with E-state index >= 15 is 0 Å². The molecule has 1 heterocycles. The predicted molar refractivity (Wildman–Crippen MR) is 59.6 cm³/mol. The van der Waals surface area contributed by atoms with E-state index in [0.29, 0.717) is 6.10 Å². The van der Waals surface area contributed by atoms with Gasteiger partial charge in [0.1, 0.15) is 6.10 Å². The van der Waals surface area contributed by atoms with Gasteiger partial charge in [-0.25, -0.2) is 4.98 Å². The molecule has 0 atom stereocenters. The van der Waals surface area contributed by atoms with E-state index in [0.717, 1.165) is 16.0 Å². The van der Waals surface area contributed by atoms with Crippen LogP contribution in [0.25, 0.3) is 0 Å². The molecule has 0 N–H and O–H groups in total. The van der Waals surface area contributed by atoms with E-state index < -0.39 is 0 Å². The van der Waals surface area contributed by atoms with Crippen LogP contribution in [0.1, 0.15) is 31.4 Å². The Morgan fingerprint density at radius 1 is 1.36 bits per heavy atom. The van der Waals surface area contributed by atoms with Crippen molar-refractivity contribution in [2.24, 2.45) is 0 Å². The van der Waals surface area contributed by atoms with Gasteiger partial charge in [-0.3, -0.25) is 0 Å². The highest BCUT2D eigenvalue weighted by Gasteiger charge is 2.16. The van der Waals surface area contributed by atoms with Crippen LogP contribution < -0.4 is 4.74 Å². The van der Waals surface area contributed by atoms with Crippen LogP contribution in [0.3, 0.4) is 0 Å². The summed E-state index contributed by atoms with van der Waals surface area (Å²) in [7, 11) is 0. The molecule has 0 radical (unpaired) electrons. The summed E-state index contributed by atoms with van der Waals surface area (Å²) in [6.45, 7) is 1.98. The summed E-state index contributed by atoms with van der Waals surface area (Å²) in [6.07, 6.45) is 5.33. The number of halogens is 1. The minimum atomic E-state index is 0.392. The van der Waals surface area contributed by atoms with Crippen molar-refractivity contribution in [3.63, 3.8) is 0 Å². The smallest absolute Gasteiger partial charge is 0.213 e. The molecule has 1 saturated carbocycles. The monoisotopic (exact) mass is 255 g/mol. The van der Waals surface area contributed by atoms with Gasteiger partial charge < -0.3 is 4.74 Å². The highest BCUT2D eigenvalue weighted by atomic mass is 79.9. The average Bonchev–Trinajstić information content (AvgIpc) is 2.64. The van der Waals surface area contributed by atoms with Gasteiger partial charge in [-0.15, -0.1) is 0 Å². The van der Waals surface area contributed by atoms with Crippen molar-refractivity contribution in [1.82, 2.24) is 4.98 Å². The minimum Gasteiger partial charge on any atom is -0.474 e.